The van der Waals surface area contributed by atoms with Crippen molar-refractivity contribution in [2.45, 2.75) is 0 Å². The van der Waals surface area contributed by atoms with Gasteiger partial charge in [-0.3, -0.25) is 0 Å². The number of ether oxygens (including phenoxy) is 1. The molecule has 84 valence electrons. The Bertz CT molecular complexity index is 702. The van der Waals surface area contributed by atoms with Gasteiger partial charge in [-0.15, -0.1) is 0 Å². The van der Waals surface area contributed by atoms with Crippen molar-refractivity contribution in [1.82, 2.24) is 0 Å². The van der Waals surface area contributed by atoms with E-state index in [2.05, 4.69) is 0 Å². The van der Waals surface area contributed by atoms with Crippen molar-refractivity contribution in [3.8, 4) is 11.5 Å². The summed E-state index contributed by atoms with van der Waals surface area (Å²) < 4.78 is 5.38. The van der Waals surface area contributed by atoms with Gasteiger partial charge in [-0.25, -0.2) is 0 Å². The Labute approximate surface area is 99.1 Å². The monoisotopic (exact) mass is 224 g/mol. The average molecular weight is 224 g/mol. The largest absolute Gasteiger partial charge is 0.507 e. The van der Waals surface area contributed by atoms with Crippen LogP contribution in [0.2, 0.25) is 0 Å². The molecule has 0 saturated carbocycles. The fourth-order valence-electron chi connectivity index (χ4n) is 2.27. The summed E-state index contributed by atoms with van der Waals surface area (Å²) in [5.74, 6) is 1.08. The summed E-state index contributed by atoms with van der Waals surface area (Å²) >= 11 is 0. The minimum absolute atomic E-state index is 0.289. The second-order valence-electron chi connectivity index (χ2n) is 4.00. The molecule has 0 aliphatic heterocycles. The van der Waals surface area contributed by atoms with Gasteiger partial charge in [0.1, 0.15) is 11.5 Å². The van der Waals surface area contributed by atoms with Crippen LogP contribution in [0.3, 0.4) is 0 Å². The van der Waals surface area contributed by atoms with Crippen molar-refractivity contribution in [1.29, 1.82) is 0 Å². The number of phenolic OH excluding ortho intramolecular Hbond substituents is 1. The minimum atomic E-state index is 0.289. The quantitative estimate of drug-likeness (QED) is 0.638. The fraction of sp³-hybridized carbons (Fsp3) is 0.0667. The lowest BCUT2D eigenvalue weighted by Gasteiger charge is -2.09. The molecule has 0 saturated heterocycles. The molecule has 2 nitrogen and oxygen atoms in total. The summed E-state index contributed by atoms with van der Waals surface area (Å²) in [7, 11) is 1.65. The zero-order valence-electron chi connectivity index (χ0n) is 9.47. The van der Waals surface area contributed by atoms with E-state index in [1.165, 1.54) is 0 Å². The lowest BCUT2D eigenvalue weighted by atomic mass is 10.0. The Morgan fingerprint density at radius 2 is 1.47 bits per heavy atom. The average Bonchev–Trinajstić information content (AvgIpc) is 2.38. The number of phenols is 1. The zero-order valence-corrected chi connectivity index (χ0v) is 9.47. The van der Waals surface area contributed by atoms with Crippen LogP contribution in [0.5, 0.6) is 11.5 Å². The maximum Gasteiger partial charge on any atom is 0.127 e. The number of benzene rings is 3. The summed E-state index contributed by atoms with van der Waals surface area (Å²) in [5.41, 5.74) is 0. The Kier molecular flexibility index (Phi) is 2.15. The molecular formula is C15H12O2. The number of hydrogen-bond acceptors (Lipinski definition) is 2. The van der Waals surface area contributed by atoms with E-state index in [9.17, 15) is 5.11 Å². The van der Waals surface area contributed by atoms with Gasteiger partial charge >= 0.3 is 0 Å². The summed E-state index contributed by atoms with van der Waals surface area (Å²) in [6, 6.07) is 15.5. The van der Waals surface area contributed by atoms with Crippen LogP contribution >= 0.6 is 0 Å². The normalized spacial score (nSPS) is 10.9. The molecule has 0 unspecified atom stereocenters. The van der Waals surface area contributed by atoms with E-state index >= 15 is 0 Å². The highest BCUT2D eigenvalue weighted by molar-refractivity contribution is 6.13. The summed E-state index contributed by atoms with van der Waals surface area (Å²) in [5, 5.41) is 13.9. The predicted molar refractivity (Wildman–Crippen MR) is 69.7 cm³/mol. The lowest BCUT2D eigenvalue weighted by molar-refractivity contribution is 0.420. The molecule has 3 rings (SSSR count). The van der Waals surface area contributed by atoms with Gasteiger partial charge in [-0.1, -0.05) is 36.4 Å². The molecule has 3 aromatic carbocycles. The molecule has 0 fully saturated rings. The van der Waals surface area contributed by atoms with Crippen molar-refractivity contribution in [3.05, 3.63) is 48.5 Å². The topological polar surface area (TPSA) is 29.5 Å². The van der Waals surface area contributed by atoms with Gasteiger partial charge in [-0.2, -0.15) is 0 Å². The van der Waals surface area contributed by atoms with Crippen LogP contribution < -0.4 is 4.74 Å². The molecule has 2 heteroatoms. The van der Waals surface area contributed by atoms with Crippen LogP contribution in [0.25, 0.3) is 21.5 Å². The molecule has 17 heavy (non-hydrogen) atoms. The van der Waals surface area contributed by atoms with Gasteiger partial charge in [0.05, 0.1) is 7.11 Å². The Hall–Kier alpha value is -2.22. The molecular weight excluding hydrogens is 212 g/mol. The van der Waals surface area contributed by atoms with Gasteiger partial charge < -0.3 is 9.84 Å². The summed E-state index contributed by atoms with van der Waals surface area (Å²) in [6.07, 6.45) is 0. The summed E-state index contributed by atoms with van der Waals surface area (Å²) in [6.45, 7) is 0. The molecule has 1 N–H and O–H groups in total. The van der Waals surface area contributed by atoms with Gasteiger partial charge in [0.15, 0.2) is 0 Å². The van der Waals surface area contributed by atoms with Crippen LogP contribution in [0.4, 0.5) is 0 Å². The van der Waals surface area contributed by atoms with Crippen LogP contribution in [0.15, 0.2) is 48.5 Å². The van der Waals surface area contributed by atoms with E-state index < -0.39 is 0 Å². The molecule has 0 bridgehead atoms. The first kappa shape index (κ1) is 9.97. The highest BCUT2D eigenvalue weighted by Gasteiger charge is 2.08. The molecule has 0 radical (unpaired) electrons. The summed E-state index contributed by atoms with van der Waals surface area (Å²) in [4.78, 5) is 0. The number of methoxy groups -OCH3 is 1. The third kappa shape index (κ3) is 1.41. The van der Waals surface area contributed by atoms with Crippen molar-refractivity contribution in [2.24, 2.45) is 0 Å². The zero-order chi connectivity index (χ0) is 11.8. The second kappa shape index (κ2) is 3.67. The van der Waals surface area contributed by atoms with E-state index in [0.717, 1.165) is 27.3 Å². The second-order valence-corrected chi connectivity index (χ2v) is 4.00. The molecule has 0 spiro atoms. The van der Waals surface area contributed by atoms with E-state index in [-0.39, 0.29) is 5.75 Å². The molecule has 0 aliphatic rings. The number of rotatable bonds is 1. The predicted octanol–water partition coefficient (Wildman–Crippen LogP) is 3.71. The van der Waals surface area contributed by atoms with Gasteiger partial charge in [0.2, 0.25) is 0 Å². The van der Waals surface area contributed by atoms with E-state index in [1.54, 1.807) is 13.2 Å². The van der Waals surface area contributed by atoms with Gasteiger partial charge in [0, 0.05) is 10.8 Å². The Morgan fingerprint density at radius 1 is 0.824 bits per heavy atom. The highest BCUT2D eigenvalue weighted by atomic mass is 16.5. The van der Waals surface area contributed by atoms with Crippen LogP contribution in [-0.2, 0) is 0 Å². The third-order valence-electron chi connectivity index (χ3n) is 3.05. The first-order chi connectivity index (χ1) is 8.31. The molecule has 0 atom stereocenters. The molecule has 0 aliphatic carbocycles. The molecule has 0 amide bonds. The van der Waals surface area contributed by atoms with Crippen LogP contribution in [-0.4, -0.2) is 12.2 Å². The number of hydrogen-bond donors (Lipinski definition) is 1. The van der Waals surface area contributed by atoms with Crippen molar-refractivity contribution in [3.63, 3.8) is 0 Å². The van der Waals surface area contributed by atoms with E-state index in [0.29, 0.717) is 0 Å². The third-order valence-corrected chi connectivity index (χ3v) is 3.05. The maximum atomic E-state index is 10.0. The number of fused-ring (bicyclic) bond motifs is 3. The fourth-order valence-corrected chi connectivity index (χ4v) is 2.27. The molecule has 0 heterocycles. The van der Waals surface area contributed by atoms with E-state index in [4.69, 9.17) is 4.74 Å². The van der Waals surface area contributed by atoms with Gasteiger partial charge in [-0.05, 0) is 22.9 Å². The first-order valence-corrected chi connectivity index (χ1v) is 5.48. The van der Waals surface area contributed by atoms with Crippen molar-refractivity contribution < 1.29 is 9.84 Å². The highest BCUT2D eigenvalue weighted by Crippen LogP contribution is 2.37. The number of aromatic hydroxyl groups is 1. The SMILES string of the molecule is COc1cccc2ccc3cccc(O)c3c12. The first-order valence-electron chi connectivity index (χ1n) is 5.48. The molecule has 0 aromatic heterocycles. The van der Waals surface area contributed by atoms with Crippen molar-refractivity contribution in [2.75, 3.05) is 7.11 Å². The van der Waals surface area contributed by atoms with Crippen molar-refractivity contribution >= 4 is 21.5 Å². The standard InChI is InChI=1S/C15H12O2/c1-17-13-7-3-5-11-9-8-10-4-2-6-12(16)14(10)15(11)13/h2-9,16H,1H3. The Morgan fingerprint density at radius 3 is 2.18 bits per heavy atom. The smallest absolute Gasteiger partial charge is 0.127 e. The van der Waals surface area contributed by atoms with Crippen LogP contribution in [0.1, 0.15) is 0 Å². The van der Waals surface area contributed by atoms with Crippen LogP contribution in [0, 0.1) is 0 Å². The lowest BCUT2D eigenvalue weighted by Crippen LogP contribution is -1.86. The van der Waals surface area contributed by atoms with E-state index in [1.807, 2.05) is 42.5 Å². The van der Waals surface area contributed by atoms with Gasteiger partial charge in [0.25, 0.3) is 0 Å². The minimum Gasteiger partial charge on any atom is -0.507 e. The molecule has 3 aromatic rings. The Balaban J connectivity index is 2.61. The maximum absolute atomic E-state index is 10.0.